The number of rotatable bonds is 0. The zero-order valence-corrected chi connectivity index (χ0v) is 7.00. The van der Waals surface area contributed by atoms with Gasteiger partial charge in [-0.15, -0.1) is 0 Å². The molecule has 0 unspecified atom stereocenters. The largest absolute Gasteiger partial charge is 0.455 e. The average molecular weight is 169 g/mol. The summed E-state index contributed by atoms with van der Waals surface area (Å²) < 4.78 is 5.13. The number of amides is 1. The van der Waals surface area contributed by atoms with Crippen LogP contribution in [0.25, 0.3) is 0 Å². The van der Waals surface area contributed by atoms with Gasteiger partial charge in [-0.3, -0.25) is 9.59 Å². The van der Waals surface area contributed by atoms with Gasteiger partial charge in [0.2, 0.25) is 5.91 Å². The standard InChI is InChI=1S/C8H11NO3/c1-6(10)9-4-8(5-9)3-2-7(11)12-8/h2-5H2,1H3. The van der Waals surface area contributed by atoms with Gasteiger partial charge in [-0.05, 0) is 0 Å². The van der Waals surface area contributed by atoms with Crippen molar-refractivity contribution in [3.05, 3.63) is 0 Å². The molecule has 0 aromatic rings. The molecule has 2 fully saturated rings. The van der Waals surface area contributed by atoms with Crippen molar-refractivity contribution in [1.29, 1.82) is 0 Å². The van der Waals surface area contributed by atoms with Crippen molar-refractivity contribution in [2.24, 2.45) is 0 Å². The van der Waals surface area contributed by atoms with Gasteiger partial charge < -0.3 is 9.64 Å². The normalized spacial score (nSPS) is 25.4. The lowest BCUT2D eigenvalue weighted by Crippen LogP contribution is -2.62. The van der Waals surface area contributed by atoms with Crippen molar-refractivity contribution >= 4 is 11.9 Å². The van der Waals surface area contributed by atoms with E-state index < -0.39 is 0 Å². The van der Waals surface area contributed by atoms with Crippen molar-refractivity contribution in [2.75, 3.05) is 13.1 Å². The molecule has 0 bridgehead atoms. The Labute approximate surface area is 70.5 Å². The fourth-order valence-electron chi connectivity index (χ4n) is 1.77. The molecule has 66 valence electrons. The Morgan fingerprint density at radius 3 is 2.67 bits per heavy atom. The van der Waals surface area contributed by atoms with Crippen LogP contribution in [0.5, 0.6) is 0 Å². The van der Waals surface area contributed by atoms with E-state index in [4.69, 9.17) is 4.74 Å². The molecule has 2 rings (SSSR count). The van der Waals surface area contributed by atoms with Gasteiger partial charge in [0.1, 0.15) is 5.60 Å². The predicted molar refractivity (Wildman–Crippen MR) is 40.3 cm³/mol. The number of ether oxygens (including phenoxy) is 1. The maximum Gasteiger partial charge on any atom is 0.306 e. The van der Waals surface area contributed by atoms with Crippen molar-refractivity contribution in [2.45, 2.75) is 25.4 Å². The number of esters is 1. The molecule has 0 aromatic carbocycles. The van der Waals surface area contributed by atoms with E-state index in [-0.39, 0.29) is 17.5 Å². The molecular formula is C8H11NO3. The predicted octanol–water partition coefficient (Wildman–Crippen LogP) is -0.0757. The lowest BCUT2D eigenvalue weighted by atomic mass is 9.91. The molecule has 0 aromatic heterocycles. The summed E-state index contributed by atoms with van der Waals surface area (Å²) in [5.41, 5.74) is -0.303. The Morgan fingerprint density at radius 1 is 1.58 bits per heavy atom. The summed E-state index contributed by atoms with van der Waals surface area (Å²) >= 11 is 0. The lowest BCUT2D eigenvalue weighted by molar-refractivity contribution is -0.170. The highest BCUT2D eigenvalue weighted by atomic mass is 16.6. The average Bonchev–Trinajstić information content (AvgIpc) is 2.27. The van der Waals surface area contributed by atoms with Crippen molar-refractivity contribution in [3.8, 4) is 0 Å². The van der Waals surface area contributed by atoms with Crippen LogP contribution in [0.3, 0.4) is 0 Å². The summed E-state index contributed by atoms with van der Waals surface area (Å²) in [5, 5.41) is 0. The number of nitrogens with zero attached hydrogens (tertiary/aromatic N) is 1. The van der Waals surface area contributed by atoms with Gasteiger partial charge in [0, 0.05) is 19.8 Å². The zero-order chi connectivity index (χ0) is 8.77. The lowest BCUT2D eigenvalue weighted by Gasteiger charge is -2.45. The first-order valence-electron chi connectivity index (χ1n) is 4.09. The first-order chi connectivity index (χ1) is 5.61. The van der Waals surface area contributed by atoms with Gasteiger partial charge in [0.25, 0.3) is 0 Å². The first-order valence-corrected chi connectivity index (χ1v) is 4.09. The number of hydrogen-bond acceptors (Lipinski definition) is 3. The molecule has 0 saturated carbocycles. The SMILES string of the molecule is CC(=O)N1CC2(CCC(=O)O2)C1. The Kier molecular flexibility index (Phi) is 1.40. The van der Waals surface area contributed by atoms with E-state index in [1.807, 2.05) is 0 Å². The monoisotopic (exact) mass is 169 g/mol. The van der Waals surface area contributed by atoms with E-state index in [0.29, 0.717) is 19.5 Å². The van der Waals surface area contributed by atoms with E-state index in [2.05, 4.69) is 0 Å². The van der Waals surface area contributed by atoms with Crippen LogP contribution in [-0.2, 0) is 14.3 Å². The van der Waals surface area contributed by atoms with Gasteiger partial charge in [-0.2, -0.15) is 0 Å². The smallest absolute Gasteiger partial charge is 0.306 e. The van der Waals surface area contributed by atoms with Crippen LogP contribution >= 0.6 is 0 Å². The topological polar surface area (TPSA) is 46.6 Å². The molecule has 2 aliphatic rings. The third-order valence-corrected chi connectivity index (χ3v) is 2.52. The summed E-state index contributed by atoms with van der Waals surface area (Å²) in [6, 6.07) is 0. The molecule has 0 aliphatic carbocycles. The number of likely N-dealkylation sites (tertiary alicyclic amines) is 1. The van der Waals surface area contributed by atoms with Crippen LogP contribution in [0, 0.1) is 0 Å². The van der Waals surface area contributed by atoms with Crippen molar-refractivity contribution < 1.29 is 14.3 Å². The number of hydrogen-bond donors (Lipinski definition) is 0. The van der Waals surface area contributed by atoms with E-state index in [0.717, 1.165) is 6.42 Å². The number of carbonyl (C=O) groups excluding carboxylic acids is 2. The molecule has 1 amide bonds. The van der Waals surface area contributed by atoms with Gasteiger partial charge in [0.15, 0.2) is 0 Å². The summed E-state index contributed by atoms with van der Waals surface area (Å²) in [6.07, 6.45) is 1.28. The molecule has 4 nitrogen and oxygen atoms in total. The summed E-state index contributed by atoms with van der Waals surface area (Å²) in [7, 11) is 0. The first kappa shape index (κ1) is 7.58. The molecule has 0 N–H and O–H groups in total. The van der Waals surface area contributed by atoms with E-state index >= 15 is 0 Å². The Bertz CT molecular complexity index is 243. The zero-order valence-electron chi connectivity index (χ0n) is 7.00. The van der Waals surface area contributed by atoms with Crippen LogP contribution in [0.1, 0.15) is 19.8 Å². The molecular weight excluding hydrogens is 158 g/mol. The molecule has 4 heteroatoms. The summed E-state index contributed by atoms with van der Waals surface area (Å²) in [5.74, 6) is -0.0678. The van der Waals surface area contributed by atoms with Gasteiger partial charge in [0.05, 0.1) is 13.1 Å². The second-order valence-corrected chi connectivity index (χ2v) is 3.53. The van der Waals surface area contributed by atoms with Crippen molar-refractivity contribution in [1.82, 2.24) is 4.90 Å². The quantitative estimate of drug-likeness (QED) is 0.477. The Balaban J connectivity index is 1.95. The van der Waals surface area contributed by atoms with Gasteiger partial charge in [-0.1, -0.05) is 0 Å². The maximum absolute atomic E-state index is 10.8. The minimum atomic E-state index is -0.303. The van der Waals surface area contributed by atoms with Crippen LogP contribution in [0.15, 0.2) is 0 Å². The molecule has 0 radical (unpaired) electrons. The Hall–Kier alpha value is -1.06. The fourth-order valence-corrected chi connectivity index (χ4v) is 1.77. The minimum Gasteiger partial charge on any atom is -0.455 e. The van der Waals surface area contributed by atoms with Crippen LogP contribution in [-0.4, -0.2) is 35.5 Å². The Morgan fingerprint density at radius 2 is 2.25 bits per heavy atom. The van der Waals surface area contributed by atoms with Gasteiger partial charge >= 0.3 is 5.97 Å². The molecule has 2 saturated heterocycles. The summed E-state index contributed by atoms with van der Waals surface area (Å²) in [4.78, 5) is 23.3. The van der Waals surface area contributed by atoms with Crippen LogP contribution in [0.4, 0.5) is 0 Å². The third-order valence-electron chi connectivity index (χ3n) is 2.52. The van der Waals surface area contributed by atoms with E-state index in [1.165, 1.54) is 6.92 Å². The molecule has 2 heterocycles. The minimum absolute atomic E-state index is 0.0589. The number of carbonyl (C=O) groups is 2. The molecule has 0 atom stereocenters. The van der Waals surface area contributed by atoms with Gasteiger partial charge in [-0.25, -0.2) is 0 Å². The molecule has 2 aliphatic heterocycles. The third kappa shape index (κ3) is 0.983. The maximum atomic E-state index is 10.8. The van der Waals surface area contributed by atoms with E-state index in [9.17, 15) is 9.59 Å². The second-order valence-electron chi connectivity index (χ2n) is 3.53. The fraction of sp³-hybridized carbons (Fsp3) is 0.750. The highest BCUT2D eigenvalue weighted by molar-refractivity contribution is 5.77. The molecule has 12 heavy (non-hydrogen) atoms. The summed E-state index contributed by atoms with van der Waals surface area (Å²) in [6.45, 7) is 2.71. The van der Waals surface area contributed by atoms with E-state index in [1.54, 1.807) is 4.90 Å². The van der Waals surface area contributed by atoms with Crippen LogP contribution < -0.4 is 0 Å². The van der Waals surface area contributed by atoms with Crippen LogP contribution in [0.2, 0.25) is 0 Å². The van der Waals surface area contributed by atoms with Crippen molar-refractivity contribution in [3.63, 3.8) is 0 Å². The highest BCUT2D eigenvalue weighted by Crippen LogP contribution is 2.35. The second kappa shape index (κ2) is 2.21. The molecule has 1 spiro atoms. The highest BCUT2D eigenvalue weighted by Gasteiger charge is 2.50.